The van der Waals surface area contributed by atoms with Crippen molar-refractivity contribution in [2.45, 2.75) is 57.8 Å². The summed E-state index contributed by atoms with van der Waals surface area (Å²) in [6.45, 7) is 13.0. The number of rotatable bonds is 3. The summed E-state index contributed by atoms with van der Waals surface area (Å²) in [6, 6.07) is 8.21. The highest BCUT2D eigenvalue weighted by Crippen LogP contribution is 2.44. The van der Waals surface area contributed by atoms with Gasteiger partial charge in [-0.25, -0.2) is 0 Å². The molecule has 0 spiro atoms. The molecule has 0 amide bonds. The van der Waals surface area contributed by atoms with Gasteiger partial charge in [0.25, 0.3) is 0 Å². The Morgan fingerprint density at radius 1 is 1.31 bits per heavy atom. The van der Waals surface area contributed by atoms with Gasteiger partial charge in [0, 0.05) is 16.6 Å². The number of esters is 1. The van der Waals surface area contributed by atoms with Crippen molar-refractivity contribution in [1.82, 2.24) is 9.99 Å². The molecule has 7 nitrogen and oxygen atoms in total. The molecule has 172 valence electrons. The Morgan fingerprint density at radius 3 is 2.81 bits per heavy atom. The van der Waals surface area contributed by atoms with Crippen LogP contribution in [0.2, 0.25) is 0 Å². The third-order valence-electron chi connectivity index (χ3n) is 7.09. The number of nitrogens with zero attached hydrogens (tertiary/aromatic N) is 2. The van der Waals surface area contributed by atoms with E-state index >= 15 is 0 Å². The third kappa shape index (κ3) is 4.35. The number of hydrogen-bond donors (Lipinski definition) is 2. The molecule has 0 unspecified atom stereocenters. The molecule has 1 aliphatic heterocycles. The van der Waals surface area contributed by atoms with Gasteiger partial charge in [0.2, 0.25) is 0 Å². The van der Waals surface area contributed by atoms with E-state index in [-0.39, 0.29) is 30.0 Å². The minimum Gasteiger partial charge on any atom is -0.469 e. The van der Waals surface area contributed by atoms with Crippen LogP contribution in [0.1, 0.15) is 50.5 Å². The molecule has 5 atom stereocenters. The van der Waals surface area contributed by atoms with Crippen LogP contribution in [0.3, 0.4) is 0 Å². The first kappa shape index (κ1) is 22.6. The summed E-state index contributed by atoms with van der Waals surface area (Å²) in [6.07, 6.45) is 1.69. The summed E-state index contributed by atoms with van der Waals surface area (Å²) in [5, 5.41) is 13.7. The van der Waals surface area contributed by atoms with E-state index in [0.717, 1.165) is 29.4 Å². The fraction of sp³-hybridized carbons (Fsp3) is 0.600. The number of methoxy groups -OCH3 is 1. The summed E-state index contributed by atoms with van der Waals surface area (Å²) >= 11 is 0. The van der Waals surface area contributed by atoms with Crippen LogP contribution in [0.4, 0.5) is 0 Å². The van der Waals surface area contributed by atoms with Crippen LogP contribution in [0.25, 0.3) is 15.9 Å². The lowest BCUT2D eigenvalue weighted by atomic mass is 9.67. The maximum absolute atomic E-state index is 12.7. The van der Waals surface area contributed by atoms with E-state index in [0.29, 0.717) is 25.9 Å². The second kappa shape index (κ2) is 9.51. The number of carbonyl (C=O) groups excluding carboxylic acids is 1. The molecular weight excluding hydrogens is 406 g/mol. The Morgan fingerprint density at radius 2 is 2.09 bits per heavy atom. The molecule has 1 aromatic carbocycles. The van der Waals surface area contributed by atoms with Crippen LogP contribution in [0.5, 0.6) is 0 Å². The number of hydrogen-bond acceptors (Lipinski definition) is 5. The minimum atomic E-state index is -0.741. The average molecular weight is 440 g/mol. The quantitative estimate of drug-likeness (QED) is 0.560. The fourth-order valence-corrected chi connectivity index (χ4v) is 5.67. The van der Waals surface area contributed by atoms with Crippen LogP contribution in [0.15, 0.2) is 24.3 Å². The molecule has 0 saturated heterocycles. The van der Waals surface area contributed by atoms with Gasteiger partial charge in [-0.1, -0.05) is 18.2 Å². The van der Waals surface area contributed by atoms with E-state index < -0.39 is 12.0 Å². The maximum atomic E-state index is 12.7. The largest absolute Gasteiger partial charge is 0.469 e. The summed E-state index contributed by atoms with van der Waals surface area (Å²) in [5.74, 6) is -1.02. The monoisotopic (exact) mass is 439 g/mol. The van der Waals surface area contributed by atoms with Crippen LogP contribution < -0.4 is 0 Å². The predicted molar refractivity (Wildman–Crippen MR) is 121 cm³/mol. The molecule has 2 N–H and O–H groups in total. The van der Waals surface area contributed by atoms with Gasteiger partial charge in [0.1, 0.15) is 0 Å². The van der Waals surface area contributed by atoms with E-state index in [1.54, 1.807) is 5.01 Å². The van der Waals surface area contributed by atoms with Crippen molar-refractivity contribution < 1.29 is 19.4 Å². The number of ether oxygens (including phenoxy) is 2. The third-order valence-corrected chi connectivity index (χ3v) is 7.09. The summed E-state index contributed by atoms with van der Waals surface area (Å²) < 4.78 is 11.5. The maximum Gasteiger partial charge on any atom is 0.311 e. The molecule has 2 heterocycles. The van der Waals surface area contributed by atoms with Gasteiger partial charge in [-0.15, -0.1) is 5.01 Å². The Balaban J connectivity index is 1.83. The van der Waals surface area contributed by atoms with Crippen LogP contribution >= 0.6 is 0 Å². The lowest BCUT2D eigenvalue weighted by molar-refractivity contribution is -0.158. The second-order valence-corrected chi connectivity index (χ2v) is 9.35. The Hall–Kier alpha value is -2.56. The Labute approximate surface area is 189 Å². The summed E-state index contributed by atoms with van der Waals surface area (Å²) in [7, 11) is 1.38. The number of nitrogens with one attached hydrogen (secondary N) is 1. The molecule has 0 radical (unpaired) electrons. The lowest BCUT2D eigenvalue weighted by Crippen LogP contribution is -2.47. The van der Waals surface area contributed by atoms with E-state index in [1.165, 1.54) is 12.7 Å². The van der Waals surface area contributed by atoms with Gasteiger partial charge in [0.15, 0.2) is 0 Å². The van der Waals surface area contributed by atoms with Crippen molar-refractivity contribution in [3.05, 3.63) is 47.0 Å². The van der Waals surface area contributed by atoms with Gasteiger partial charge in [-0.2, -0.15) is 11.5 Å². The zero-order chi connectivity index (χ0) is 22.8. The highest BCUT2D eigenvalue weighted by molar-refractivity contribution is 5.84. The molecule has 1 fully saturated rings. The average Bonchev–Trinajstić information content (AvgIpc) is 3.15. The first-order valence-corrected chi connectivity index (χ1v) is 11.6. The molecule has 4 rings (SSSR count). The van der Waals surface area contributed by atoms with Crippen molar-refractivity contribution in [2.75, 3.05) is 20.2 Å². The van der Waals surface area contributed by atoms with Crippen molar-refractivity contribution >= 4 is 16.9 Å². The number of H-pyrrole nitrogens is 1. The molecule has 1 saturated carbocycles. The number of aliphatic hydroxyl groups is 1. The van der Waals surface area contributed by atoms with Crippen molar-refractivity contribution in [3.63, 3.8) is 0 Å². The van der Waals surface area contributed by atoms with Gasteiger partial charge in [-0.3, -0.25) is 4.79 Å². The van der Waals surface area contributed by atoms with Crippen LogP contribution in [-0.2, 0) is 20.7 Å². The number of aromatic amines is 1. The standard InChI is InChI=1S/C25H33N3O4/c1-15(2)32-22-13-19-16(9-10-21(29)23(19)25(30)31-4)14-28(26-3)12-11-18-17-7-5-6-8-20(17)27-24(18)22/h5-8,15-16,19,21-23,27,29H,9-14H2,1-2,4H3/t16-,19-,21-,22+,23+/m0/s1. The normalized spacial score (nSPS) is 28.6. The Kier molecular flexibility index (Phi) is 6.73. The smallest absolute Gasteiger partial charge is 0.311 e. The lowest BCUT2D eigenvalue weighted by Gasteiger charge is -2.42. The molecule has 1 aliphatic carbocycles. The molecule has 2 aromatic rings. The van der Waals surface area contributed by atoms with Gasteiger partial charge < -0.3 is 19.6 Å². The van der Waals surface area contributed by atoms with E-state index in [4.69, 9.17) is 16.0 Å². The summed E-state index contributed by atoms with van der Waals surface area (Å²) in [4.78, 5) is 20.1. The van der Waals surface area contributed by atoms with E-state index in [2.05, 4.69) is 22.1 Å². The fourth-order valence-electron chi connectivity index (χ4n) is 5.67. The van der Waals surface area contributed by atoms with Crippen molar-refractivity contribution in [1.29, 1.82) is 0 Å². The van der Waals surface area contributed by atoms with E-state index in [1.807, 2.05) is 26.0 Å². The number of para-hydroxylation sites is 1. The topological polar surface area (TPSA) is 79.2 Å². The SMILES string of the molecule is [C-]#[N+]N1CCc2c([nH]c3ccccc23)[C@H](OC(C)C)C[C@H]2[C@@H](CC[C@H](O)[C@@H]2C(=O)OC)C1. The zero-order valence-corrected chi connectivity index (χ0v) is 19.1. The van der Waals surface area contributed by atoms with Gasteiger partial charge in [0.05, 0.1) is 44.4 Å². The van der Waals surface area contributed by atoms with Gasteiger partial charge in [-0.05, 0) is 63.0 Å². The number of benzene rings is 1. The van der Waals surface area contributed by atoms with Crippen LogP contribution in [0, 0.1) is 24.3 Å². The number of carbonyl (C=O) groups is 1. The molecule has 2 aliphatic rings. The number of aliphatic hydroxyl groups excluding tert-OH is 1. The second-order valence-electron chi connectivity index (χ2n) is 9.35. The van der Waals surface area contributed by atoms with E-state index in [9.17, 15) is 9.90 Å². The predicted octanol–water partition coefficient (Wildman–Crippen LogP) is 3.89. The van der Waals surface area contributed by atoms with Crippen molar-refractivity contribution in [2.24, 2.45) is 17.8 Å². The first-order chi connectivity index (χ1) is 15.4. The molecular formula is C25H33N3O4. The van der Waals surface area contributed by atoms with Crippen LogP contribution in [-0.4, -0.2) is 53.5 Å². The molecule has 7 heteroatoms. The number of aromatic nitrogens is 1. The molecule has 32 heavy (non-hydrogen) atoms. The molecule has 0 bridgehead atoms. The highest BCUT2D eigenvalue weighted by Gasteiger charge is 2.46. The minimum absolute atomic E-state index is 0.00508. The zero-order valence-electron chi connectivity index (χ0n) is 19.1. The Bertz CT molecular complexity index is 995. The number of fused-ring (bicyclic) bond motifs is 4. The summed E-state index contributed by atoms with van der Waals surface area (Å²) in [5.41, 5.74) is 3.24. The van der Waals surface area contributed by atoms with Crippen molar-refractivity contribution in [3.8, 4) is 0 Å². The van der Waals surface area contributed by atoms with Gasteiger partial charge >= 0.3 is 5.97 Å². The molecule has 1 aromatic heterocycles. The highest BCUT2D eigenvalue weighted by atomic mass is 16.5. The first-order valence-electron chi connectivity index (χ1n) is 11.6.